The van der Waals surface area contributed by atoms with Gasteiger partial charge in [0.1, 0.15) is 5.82 Å². The van der Waals surface area contributed by atoms with E-state index in [1.807, 2.05) is 0 Å². The SMILES string of the molecule is C.Cc1cccc(N2CCN(CCN3CCN(c4ccccc4)CC3)CC2)n1. The average Bonchev–Trinajstić information content (AvgIpc) is 2.74. The van der Waals surface area contributed by atoms with Gasteiger partial charge in [0.25, 0.3) is 0 Å². The van der Waals surface area contributed by atoms with Crippen LogP contribution in [0, 0.1) is 6.92 Å². The van der Waals surface area contributed by atoms with Gasteiger partial charge in [-0.15, -0.1) is 0 Å². The summed E-state index contributed by atoms with van der Waals surface area (Å²) in [5, 5.41) is 0. The van der Waals surface area contributed by atoms with Crippen molar-refractivity contribution in [2.24, 2.45) is 0 Å². The van der Waals surface area contributed by atoms with Crippen molar-refractivity contribution >= 4 is 11.5 Å². The van der Waals surface area contributed by atoms with Crippen molar-refractivity contribution in [2.75, 3.05) is 75.2 Å². The van der Waals surface area contributed by atoms with Crippen LogP contribution in [0.3, 0.4) is 0 Å². The summed E-state index contributed by atoms with van der Waals surface area (Å²) in [5.74, 6) is 1.13. The monoisotopic (exact) mass is 381 g/mol. The van der Waals surface area contributed by atoms with Crippen molar-refractivity contribution < 1.29 is 0 Å². The van der Waals surface area contributed by atoms with Crippen molar-refractivity contribution in [1.29, 1.82) is 0 Å². The predicted octanol–water partition coefficient (Wildman–Crippen LogP) is 2.97. The van der Waals surface area contributed by atoms with Gasteiger partial charge in [-0.2, -0.15) is 0 Å². The van der Waals surface area contributed by atoms with Crippen LogP contribution in [0.2, 0.25) is 0 Å². The molecule has 3 heterocycles. The van der Waals surface area contributed by atoms with Crippen LogP contribution in [0.1, 0.15) is 13.1 Å². The molecule has 0 unspecified atom stereocenters. The van der Waals surface area contributed by atoms with Crippen LogP contribution in [0.4, 0.5) is 11.5 Å². The first-order valence-electron chi connectivity index (χ1n) is 10.2. The quantitative estimate of drug-likeness (QED) is 0.793. The van der Waals surface area contributed by atoms with Gasteiger partial charge < -0.3 is 9.80 Å². The van der Waals surface area contributed by atoms with Crippen molar-refractivity contribution in [3.8, 4) is 0 Å². The predicted molar refractivity (Wildman–Crippen MR) is 119 cm³/mol. The normalized spacial score (nSPS) is 18.8. The van der Waals surface area contributed by atoms with E-state index in [1.165, 1.54) is 31.9 Å². The van der Waals surface area contributed by atoms with E-state index < -0.39 is 0 Å². The highest BCUT2D eigenvalue weighted by Gasteiger charge is 2.20. The van der Waals surface area contributed by atoms with Crippen LogP contribution >= 0.6 is 0 Å². The highest BCUT2D eigenvalue weighted by atomic mass is 15.3. The number of hydrogen-bond acceptors (Lipinski definition) is 5. The van der Waals surface area contributed by atoms with Gasteiger partial charge in [0, 0.05) is 76.8 Å². The summed E-state index contributed by atoms with van der Waals surface area (Å²) in [4.78, 5) is 14.8. The summed E-state index contributed by atoms with van der Waals surface area (Å²) in [5.41, 5.74) is 2.46. The van der Waals surface area contributed by atoms with Gasteiger partial charge in [-0.25, -0.2) is 4.98 Å². The first-order chi connectivity index (χ1) is 13.3. The molecule has 2 saturated heterocycles. The van der Waals surface area contributed by atoms with E-state index >= 15 is 0 Å². The van der Waals surface area contributed by atoms with Crippen molar-refractivity contribution in [2.45, 2.75) is 14.4 Å². The summed E-state index contributed by atoms with van der Waals surface area (Å²) in [7, 11) is 0. The van der Waals surface area contributed by atoms with E-state index in [4.69, 9.17) is 0 Å². The molecule has 28 heavy (non-hydrogen) atoms. The minimum absolute atomic E-state index is 0. The van der Waals surface area contributed by atoms with E-state index in [0.717, 1.165) is 50.8 Å². The number of benzene rings is 1. The molecule has 4 rings (SSSR count). The third-order valence-corrected chi connectivity index (χ3v) is 5.80. The maximum atomic E-state index is 4.67. The molecule has 0 radical (unpaired) electrons. The average molecular weight is 382 g/mol. The van der Waals surface area contributed by atoms with Crippen molar-refractivity contribution in [1.82, 2.24) is 14.8 Å². The molecule has 0 amide bonds. The van der Waals surface area contributed by atoms with Gasteiger partial charge in [0.15, 0.2) is 0 Å². The Morgan fingerprint density at radius 3 is 1.82 bits per heavy atom. The van der Waals surface area contributed by atoms with E-state index in [0.29, 0.717) is 0 Å². The first-order valence-corrected chi connectivity index (χ1v) is 10.2. The van der Waals surface area contributed by atoms with Gasteiger partial charge in [-0.1, -0.05) is 31.7 Å². The molecule has 0 bridgehead atoms. The Bertz CT molecular complexity index is 704. The van der Waals surface area contributed by atoms with E-state index in [9.17, 15) is 0 Å². The summed E-state index contributed by atoms with van der Waals surface area (Å²) in [6.45, 7) is 13.5. The molecule has 0 N–H and O–H groups in total. The number of aromatic nitrogens is 1. The minimum atomic E-state index is 0. The van der Waals surface area contributed by atoms with Gasteiger partial charge in [-0.05, 0) is 31.2 Å². The fourth-order valence-corrected chi connectivity index (χ4v) is 4.06. The zero-order valence-corrected chi connectivity index (χ0v) is 16.4. The van der Waals surface area contributed by atoms with Gasteiger partial charge in [0.05, 0.1) is 0 Å². The molecule has 0 spiro atoms. The van der Waals surface area contributed by atoms with Crippen LogP contribution < -0.4 is 9.80 Å². The topological polar surface area (TPSA) is 25.9 Å². The number of piperazine rings is 2. The summed E-state index contributed by atoms with van der Waals surface area (Å²) >= 11 is 0. The lowest BCUT2D eigenvalue weighted by molar-refractivity contribution is 0.190. The second kappa shape index (κ2) is 9.89. The highest BCUT2D eigenvalue weighted by Crippen LogP contribution is 2.16. The van der Waals surface area contributed by atoms with Gasteiger partial charge in [0.2, 0.25) is 0 Å². The molecular formula is C23H35N5. The number of aryl methyl sites for hydroxylation is 1. The number of hydrogen-bond donors (Lipinski definition) is 0. The lowest BCUT2D eigenvalue weighted by atomic mass is 10.2. The Morgan fingerprint density at radius 2 is 1.25 bits per heavy atom. The zero-order chi connectivity index (χ0) is 18.5. The third kappa shape index (κ3) is 5.24. The smallest absolute Gasteiger partial charge is 0.128 e. The summed E-state index contributed by atoms with van der Waals surface area (Å²) < 4.78 is 0. The fraction of sp³-hybridized carbons (Fsp3) is 0.522. The largest absolute Gasteiger partial charge is 0.369 e. The van der Waals surface area contributed by atoms with Crippen molar-refractivity contribution in [3.63, 3.8) is 0 Å². The van der Waals surface area contributed by atoms with Crippen LogP contribution in [0.25, 0.3) is 0 Å². The fourth-order valence-electron chi connectivity index (χ4n) is 4.06. The third-order valence-electron chi connectivity index (χ3n) is 5.80. The van der Waals surface area contributed by atoms with E-state index in [1.54, 1.807) is 0 Å². The summed E-state index contributed by atoms with van der Waals surface area (Å²) in [6, 6.07) is 17.1. The maximum absolute atomic E-state index is 4.67. The molecule has 0 aliphatic carbocycles. The van der Waals surface area contributed by atoms with Crippen LogP contribution in [0.5, 0.6) is 0 Å². The number of para-hydroxylation sites is 1. The number of nitrogens with zero attached hydrogens (tertiary/aromatic N) is 5. The number of pyridine rings is 1. The molecule has 0 saturated carbocycles. The Labute approximate surface area is 170 Å². The molecule has 0 atom stereocenters. The molecule has 1 aromatic carbocycles. The summed E-state index contributed by atoms with van der Waals surface area (Å²) in [6.07, 6.45) is 0. The first kappa shape index (κ1) is 20.6. The molecule has 152 valence electrons. The standard InChI is InChI=1S/C22H31N5.CH4/c1-20-6-5-9-22(23-20)27-18-14-25(15-19-27)11-10-24-12-16-26(17-13-24)21-7-3-2-4-8-21;/h2-9H,10-19H2,1H3;1H4. The molecule has 1 aromatic heterocycles. The Kier molecular flexibility index (Phi) is 7.29. The number of anilines is 2. The molecule has 5 nitrogen and oxygen atoms in total. The second-order valence-electron chi connectivity index (χ2n) is 7.63. The Hall–Kier alpha value is -2.11. The second-order valence-corrected chi connectivity index (χ2v) is 7.63. The van der Waals surface area contributed by atoms with Crippen LogP contribution in [-0.2, 0) is 0 Å². The van der Waals surface area contributed by atoms with Crippen LogP contribution in [-0.4, -0.2) is 80.2 Å². The molecule has 2 aliphatic heterocycles. The van der Waals surface area contributed by atoms with Crippen molar-refractivity contribution in [3.05, 3.63) is 54.2 Å². The lowest BCUT2D eigenvalue weighted by Crippen LogP contribution is -2.51. The zero-order valence-electron chi connectivity index (χ0n) is 16.4. The molecule has 2 aromatic rings. The van der Waals surface area contributed by atoms with Crippen LogP contribution in [0.15, 0.2) is 48.5 Å². The Balaban J connectivity index is 0.00000225. The Morgan fingerprint density at radius 1 is 0.679 bits per heavy atom. The van der Waals surface area contributed by atoms with E-state index in [2.05, 4.69) is 80.0 Å². The lowest BCUT2D eigenvalue weighted by Gasteiger charge is -2.39. The molecule has 2 aliphatic rings. The number of rotatable bonds is 5. The molecular weight excluding hydrogens is 346 g/mol. The maximum Gasteiger partial charge on any atom is 0.128 e. The molecule has 2 fully saturated rings. The molecule has 5 heteroatoms. The highest BCUT2D eigenvalue weighted by molar-refractivity contribution is 5.46. The minimum Gasteiger partial charge on any atom is -0.369 e. The van der Waals surface area contributed by atoms with Gasteiger partial charge in [-0.3, -0.25) is 9.80 Å². The van der Waals surface area contributed by atoms with Gasteiger partial charge >= 0.3 is 0 Å². The van der Waals surface area contributed by atoms with E-state index in [-0.39, 0.29) is 7.43 Å².